The maximum absolute atomic E-state index is 11.1. The summed E-state index contributed by atoms with van der Waals surface area (Å²) in [4.78, 5) is 11.1. The third-order valence-corrected chi connectivity index (χ3v) is 2.73. The molecule has 0 spiro atoms. The molecule has 1 aromatic rings. The van der Waals surface area contributed by atoms with Crippen LogP contribution in [0, 0.1) is 5.92 Å². The zero-order valence-electron chi connectivity index (χ0n) is 8.51. The molecular weight excluding hydrogens is 216 g/mol. The van der Waals surface area contributed by atoms with Crippen molar-refractivity contribution in [1.82, 2.24) is 15.1 Å². The first-order chi connectivity index (χ1) is 6.68. The maximum atomic E-state index is 11.1. The van der Waals surface area contributed by atoms with E-state index in [0.717, 1.165) is 12.1 Å². The largest absolute Gasteiger partial charge is 0.369 e. The summed E-state index contributed by atoms with van der Waals surface area (Å²) < 4.78 is 1.74. The average Bonchev–Trinajstić information content (AvgIpc) is 2.70. The van der Waals surface area contributed by atoms with Crippen molar-refractivity contribution in [1.29, 1.82) is 0 Å². The van der Waals surface area contributed by atoms with Gasteiger partial charge in [-0.1, -0.05) is 0 Å². The molecule has 0 aromatic carbocycles. The summed E-state index contributed by atoms with van der Waals surface area (Å²) in [6.07, 6.45) is 3.74. The lowest BCUT2D eigenvalue weighted by molar-refractivity contribution is -0.121. The standard InChI is InChI=1S/C9H14N4O.ClH/c1-13-5-6(2-12-13)7-3-11-4-8(7)9(10)14;/h2,5,7-8,11H,3-4H2,1H3,(H2,10,14);1H/t7-,8+;/m1./s1. The molecule has 0 bridgehead atoms. The van der Waals surface area contributed by atoms with Gasteiger partial charge in [0.05, 0.1) is 12.1 Å². The molecule has 5 nitrogen and oxygen atoms in total. The summed E-state index contributed by atoms with van der Waals surface area (Å²) in [5.74, 6) is -0.149. The minimum atomic E-state index is -0.233. The lowest BCUT2D eigenvalue weighted by Crippen LogP contribution is -2.28. The van der Waals surface area contributed by atoms with E-state index in [1.165, 1.54) is 0 Å². The van der Waals surface area contributed by atoms with E-state index in [9.17, 15) is 4.79 Å². The predicted octanol–water partition coefficient (Wildman–Crippen LogP) is -0.370. The van der Waals surface area contributed by atoms with Crippen LogP contribution in [0.5, 0.6) is 0 Å². The molecule has 1 aliphatic heterocycles. The lowest BCUT2D eigenvalue weighted by atomic mass is 9.90. The Bertz CT molecular complexity index is 352. The summed E-state index contributed by atoms with van der Waals surface area (Å²) in [7, 11) is 1.87. The molecule has 1 saturated heterocycles. The van der Waals surface area contributed by atoms with Crippen molar-refractivity contribution in [3.8, 4) is 0 Å². The first kappa shape index (κ1) is 12.0. The Morgan fingerprint density at radius 2 is 2.40 bits per heavy atom. The molecule has 1 aromatic heterocycles. The van der Waals surface area contributed by atoms with Crippen molar-refractivity contribution in [2.45, 2.75) is 5.92 Å². The van der Waals surface area contributed by atoms with E-state index in [0.29, 0.717) is 6.54 Å². The Labute approximate surface area is 94.4 Å². The normalized spacial score (nSPS) is 24.9. The van der Waals surface area contributed by atoms with Gasteiger partial charge in [0, 0.05) is 32.3 Å². The first-order valence-electron chi connectivity index (χ1n) is 4.67. The average molecular weight is 231 g/mol. The number of hydrogen-bond acceptors (Lipinski definition) is 3. The minimum absolute atomic E-state index is 0. The summed E-state index contributed by atoms with van der Waals surface area (Å²) in [6.45, 7) is 1.48. The van der Waals surface area contributed by atoms with Crippen molar-refractivity contribution in [3.63, 3.8) is 0 Å². The molecule has 15 heavy (non-hydrogen) atoms. The highest BCUT2D eigenvalue weighted by molar-refractivity contribution is 5.85. The van der Waals surface area contributed by atoms with Crippen LogP contribution in [0.25, 0.3) is 0 Å². The fourth-order valence-corrected chi connectivity index (χ4v) is 1.96. The van der Waals surface area contributed by atoms with Crippen LogP contribution in [-0.4, -0.2) is 28.8 Å². The SMILES string of the molecule is Cl.Cn1cc([C@H]2CNC[C@@H]2C(N)=O)cn1. The van der Waals surface area contributed by atoms with Gasteiger partial charge < -0.3 is 11.1 Å². The number of halogens is 1. The Kier molecular flexibility index (Phi) is 3.71. The van der Waals surface area contributed by atoms with E-state index >= 15 is 0 Å². The van der Waals surface area contributed by atoms with Gasteiger partial charge in [-0.3, -0.25) is 9.48 Å². The molecule has 2 rings (SSSR count). The molecule has 0 aliphatic carbocycles. The van der Waals surface area contributed by atoms with Crippen LogP contribution >= 0.6 is 12.4 Å². The van der Waals surface area contributed by atoms with Crippen LogP contribution in [0.2, 0.25) is 0 Å². The van der Waals surface area contributed by atoms with E-state index in [2.05, 4.69) is 10.4 Å². The van der Waals surface area contributed by atoms with Gasteiger partial charge in [0.2, 0.25) is 5.91 Å². The Balaban J connectivity index is 0.00000112. The molecule has 2 heterocycles. The van der Waals surface area contributed by atoms with Crippen LogP contribution in [0.1, 0.15) is 11.5 Å². The van der Waals surface area contributed by atoms with Crippen LogP contribution in [0.4, 0.5) is 0 Å². The number of carbonyl (C=O) groups excluding carboxylic acids is 1. The molecular formula is C9H15ClN4O. The summed E-state index contributed by atoms with van der Waals surface area (Å²) >= 11 is 0. The summed E-state index contributed by atoms with van der Waals surface area (Å²) in [6, 6.07) is 0. The number of amides is 1. The summed E-state index contributed by atoms with van der Waals surface area (Å²) in [5.41, 5.74) is 6.41. The van der Waals surface area contributed by atoms with E-state index in [4.69, 9.17) is 5.73 Å². The number of nitrogens with two attached hydrogens (primary N) is 1. The monoisotopic (exact) mass is 230 g/mol. The van der Waals surface area contributed by atoms with Gasteiger partial charge in [0.25, 0.3) is 0 Å². The van der Waals surface area contributed by atoms with Crippen molar-refractivity contribution in [2.24, 2.45) is 18.7 Å². The Morgan fingerprint density at radius 1 is 1.67 bits per heavy atom. The Morgan fingerprint density at radius 3 is 2.93 bits per heavy atom. The molecule has 2 atom stereocenters. The number of aryl methyl sites for hydroxylation is 1. The molecule has 0 radical (unpaired) electrons. The second kappa shape index (κ2) is 4.63. The lowest BCUT2D eigenvalue weighted by Gasteiger charge is -2.12. The molecule has 84 valence electrons. The van der Waals surface area contributed by atoms with Gasteiger partial charge in [-0.25, -0.2) is 0 Å². The van der Waals surface area contributed by atoms with E-state index < -0.39 is 0 Å². The molecule has 6 heteroatoms. The highest BCUT2D eigenvalue weighted by Crippen LogP contribution is 2.27. The third-order valence-electron chi connectivity index (χ3n) is 2.73. The number of hydrogen-bond donors (Lipinski definition) is 2. The van der Waals surface area contributed by atoms with E-state index in [-0.39, 0.29) is 30.2 Å². The van der Waals surface area contributed by atoms with Crippen molar-refractivity contribution in [2.75, 3.05) is 13.1 Å². The van der Waals surface area contributed by atoms with Crippen LogP contribution in [-0.2, 0) is 11.8 Å². The molecule has 0 saturated carbocycles. The van der Waals surface area contributed by atoms with Crippen molar-refractivity contribution >= 4 is 18.3 Å². The number of nitrogens with one attached hydrogen (secondary N) is 1. The fraction of sp³-hybridized carbons (Fsp3) is 0.556. The molecule has 0 unspecified atom stereocenters. The topological polar surface area (TPSA) is 72.9 Å². The molecule has 1 aliphatic rings. The quantitative estimate of drug-likeness (QED) is 0.728. The van der Waals surface area contributed by atoms with Gasteiger partial charge >= 0.3 is 0 Å². The zero-order valence-corrected chi connectivity index (χ0v) is 9.33. The van der Waals surface area contributed by atoms with Gasteiger partial charge in [-0.05, 0) is 5.56 Å². The van der Waals surface area contributed by atoms with Gasteiger partial charge in [0.1, 0.15) is 0 Å². The smallest absolute Gasteiger partial charge is 0.222 e. The maximum Gasteiger partial charge on any atom is 0.222 e. The number of carbonyl (C=O) groups is 1. The molecule has 1 amide bonds. The van der Waals surface area contributed by atoms with Crippen molar-refractivity contribution in [3.05, 3.63) is 18.0 Å². The number of rotatable bonds is 2. The highest BCUT2D eigenvalue weighted by Gasteiger charge is 2.33. The van der Waals surface area contributed by atoms with Crippen LogP contribution in [0.15, 0.2) is 12.4 Å². The fourth-order valence-electron chi connectivity index (χ4n) is 1.96. The predicted molar refractivity (Wildman–Crippen MR) is 58.8 cm³/mol. The first-order valence-corrected chi connectivity index (χ1v) is 4.67. The minimum Gasteiger partial charge on any atom is -0.369 e. The second-order valence-corrected chi connectivity index (χ2v) is 3.72. The molecule has 3 N–H and O–H groups in total. The van der Waals surface area contributed by atoms with Crippen LogP contribution in [0.3, 0.4) is 0 Å². The van der Waals surface area contributed by atoms with Crippen molar-refractivity contribution < 1.29 is 4.79 Å². The van der Waals surface area contributed by atoms with E-state index in [1.807, 2.05) is 13.2 Å². The second-order valence-electron chi connectivity index (χ2n) is 3.72. The van der Waals surface area contributed by atoms with Gasteiger partial charge in [-0.15, -0.1) is 12.4 Å². The van der Waals surface area contributed by atoms with Gasteiger partial charge in [-0.2, -0.15) is 5.10 Å². The zero-order chi connectivity index (χ0) is 10.1. The number of aromatic nitrogens is 2. The number of nitrogens with zero attached hydrogens (tertiary/aromatic N) is 2. The third kappa shape index (κ3) is 2.30. The summed E-state index contributed by atoms with van der Waals surface area (Å²) in [5, 5.41) is 7.27. The van der Waals surface area contributed by atoms with E-state index in [1.54, 1.807) is 10.9 Å². The number of primary amides is 1. The molecule has 1 fully saturated rings. The van der Waals surface area contributed by atoms with Gasteiger partial charge in [0.15, 0.2) is 0 Å². The highest BCUT2D eigenvalue weighted by atomic mass is 35.5. The van der Waals surface area contributed by atoms with Crippen LogP contribution < -0.4 is 11.1 Å². The Hall–Kier alpha value is -1.07.